The number of carbonyl (C=O) groups is 1. The summed E-state index contributed by atoms with van der Waals surface area (Å²) in [6.45, 7) is 5.99. The number of anilines is 3. The van der Waals surface area contributed by atoms with E-state index in [1.54, 1.807) is 26.1 Å². The molecule has 9 nitrogen and oxygen atoms in total. The molecule has 0 unspecified atom stereocenters. The Balaban J connectivity index is 1.37. The number of hydrogen-bond acceptors (Lipinski definition) is 8. The maximum atomic E-state index is 13.0. The van der Waals surface area contributed by atoms with Gasteiger partial charge in [0.2, 0.25) is 11.8 Å². The largest absolute Gasteiger partial charge is 0.440 e. The van der Waals surface area contributed by atoms with Crippen molar-refractivity contribution in [1.82, 2.24) is 14.5 Å². The van der Waals surface area contributed by atoms with Gasteiger partial charge in [0.1, 0.15) is 11.2 Å². The number of morpholine rings is 1. The fourth-order valence-corrected chi connectivity index (χ4v) is 5.42. The molecule has 2 aliphatic rings. The summed E-state index contributed by atoms with van der Waals surface area (Å²) >= 11 is 0. The van der Waals surface area contributed by atoms with Crippen LogP contribution in [0, 0.1) is 6.92 Å². The first-order chi connectivity index (χ1) is 17.5. The van der Waals surface area contributed by atoms with Gasteiger partial charge in [0, 0.05) is 49.4 Å². The molecular formula is C27H29N5O4. The van der Waals surface area contributed by atoms with Crippen molar-refractivity contribution in [2.75, 3.05) is 36.5 Å². The van der Waals surface area contributed by atoms with Gasteiger partial charge < -0.3 is 23.9 Å². The van der Waals surface area contributed by atoms with Crippen LogP contribution in [0.25, 0.3) is 22.0 Å². The molecule has 36 heavy (non-hydrogen) atoms. The third-order valence-electron chi connectivity index (χ3n) is 7.28. The van der Waals surface area contributed by atoms with Gasteiger partial charge in [-0.25, -0.2) is 4.98 Å². The minimum Gasteiger partial charge on any atom is -0.440 e. The minimum absolute atomic E-state index is 0.0327. The van der Waals surface area contributed by atoms with Gasteiger partial charge in [0.05, 0.1) is 29.9 Å². The van der Waals surface area contributed by atoms with Gasteiger partial charge in [-0.15, -0.1) is 0 Å². The Labute approximate surface area is 208 Å². The molecule has 186 valence electrons. The monoisotopic (exact) mass is 487 g/mol. The topological polar surface area (TPSA) is 102 Å². The molecule has 1 saturated heterocycles. The summed E-state index contributed by atoms with van der Waals surface area (Å²) in [7, 11) is 0. The number of carbonyl (C=O) groups excluding carboxylic acids is 1. The number of benzene rings is 1. The zero-order chi connectivity index (χ0) is 24.8. The summed E-state index contributed by atoms with van der Waals surface area (Å²) in [5.74, 6) is 1.05. The van der Waals surface area contributed by atoms with Crippen molar-refractivity contribution < 1.29 is 13.9 Å². The van der Waals surface area contributed by atoms with Crippen LogP contribution in [0.3, 0.4) is 0 Å². The smallest absolute Gasteiger partial charge is 0.229 e. The average Bonchev–Trinajstić information content (AvgIpc) is 3.54. The van der Waals surface area contributed by atoms with E-state index in [0.29, 0.717) is 66.0 Å². The summed E-state index contributed by atoms with van der Waals surface area (Å²) in [5, 5.41) is 4.65. The molecule has 2 fully saturated rings. The van der Waals surface area contributed by atoms with E-state index in [1.807, 2.05) is 18.2 Å². The van der Waals surface area contributed by atoms with E-state index in [1.165, 1.54) is 0 Å². The molecule has 1 aromatic carbocycles. The Hall–Kier alpha value is -3.72. The molecule has 0 radical (unpaired) electrons. The highest BCUT2D eigenvalue weighted by Gasteiger charge is 2.24. The highest BCUT2D eigenvalue weighted by atomic mass is 16.5. The van der Waals surface area contributed by atoms with E-state index in [9.17, 15) is 9.59 Å². The van der Waals surface area contributed by atoms with E-state index in [2.05, 4.69) is 19.8 Å². The summed E-state index contributed by atoms with van der Waals surface area (Å²) < 4.78 is 13.8. The molecule has 0 spiro atoms. The van der Waals surface area contributed by atoms with Crippen molar-refractivity contribution >= 4 is 45.3 Å². The molecule has 0 bridgehead atoms. The second kappa shape index (κ2) is 9.05. The Bertz CT molecular complexity index is 1530. The third-order valence-corrected chi connectivity index (χ3v) is 7.28. The fraction of sp³-hybridized carbons (Fsp3) is 0.407. The normalized spacial score (nSPS) is 16.8. The van der Waals surface area contributed by atoms with Crippen molar-refractivity contribution in [3.8, 4) is 0 Å². The van der Waals surface area contributed by atoms with E-state index in [4.69, 9.17) is 14.1 Å². The first-order valence-electron chi connectivity index (χ1n) is 12.6. The standard InChI is InChI=1S/C27H29N5O4/c1-16-24(34)21-8-7-19(14-23(21)36-26(16)31-9-11-35-12-10-31)29-27-28-15-18-13-22(17(2)33)32(25(18)30-27)20-5-3-4-6-20/h7-8,13-15,20H,3-6,9-12H2,1-2H3,(H,28,29,30). The van der Waals surface area contributed by atoms with Gasteiger partial charge in [-0.2, -0.15) is 4.98 Å². The number of Topliss-reactive ketones (excluding diaryl/α,β-unsaturated/α-hetero) is 1. The Morgan fingerprint density at radius 2 is 1.92 bits per heavy atom. The number of rotatable bonds is 5. The predicted octanol–water partition coefficient (Wildman–Crippen LogP) is 4.74. The van der Waals surface area contributed by atoms with Gasteiger partial charge in [0.25, 0.3) is 0 Å². The summed E-state index contributed by atoms with van der Waals surface area (Å²) in [6.07, 6.45) is 6.17. The van der Waals surface area contributed by atoms with Crippen molar-refractivity contribution in [2.45, 2.75) is 45.6 Å². The first-order valence-corrected chi connectivity index (χ1v) is 12.6. The van der Waals surface area contributed by atoms with Crippen molar-refractivity contribution in [3.05, 3.63) is 51.9 Å². The number of fused-ring (bicyclic) bond motifs is 2. The molecule has 1 N–H and O–H groups in total. The second-order valence-corrected chi connectivity index (χ2v) is 9.66. The van der Waals surface area contributed by atoms with Crippen LogP contribution >= 0.6 is 0 Å². The highest BCUT2D eigenvalue weighted by molar-refractivity contribution is 5.98. The van der Waals surface area contributed by atoms with E-state index < -0.39 is 0 Å². The molecule has 3 aromatic heterocycles. The van der Waals surface area contributed by atoms with Crippen LogP contribution in [0.2, 0.25) is 0 Å². The lowest BCUT2D eigenvalue weighted by molar-refractivity contribution is 0.100. The number of ether oxygens (including phenoxy) is 1. The molecule has 0 atom stereocenters. The Kier molecular flexibility index (Phi) is 5.72. The van der Waals surface area contributed by atoms with E-state index in [0.717, 1.165) is 36.7 Å². The van der Waals surface area contributed by atoms with Crippen LogP contribution in [0.15, 0.2) is 39.7 Å². The maximum Gasteiger partial charge on any atom is 0.229 e. The Morgan fingerprint density at radius 1 is 1.14 bits per heavy atom. The van der Waals surface area contributed by atoms with E-state index >= 15 is 0 Å². The second-order valence-electron chi connectivity index (χ2n) is 9.66. The van der Waals surface area contributed by atoms with Gasteiger partial charge >= 0.3 is 0 Å². The average molecular weight is 488 g/mol. The molecule has 4 heterocycles. The lowest BCUT2D eigenvalue weighted by Crippen LogP contribution is -2.37. The lowest BCUT2D eigenvalue weighted by atomic mass is 10.1. The molecule has 1 aliphatic heterocycles. The molecule has 6 rings (SSSR count). The molecule has 0 amide bonds. The quantitative estimate of drug-likeness (QED) is 0.403. The predicted molar refractivity (Wildman–Crippen MR) is 139 cm³/mol. The minimum atomic E-state index is -0.0342. The molecule has 4 aromatic rings. The van der Waals surface area contributed by atoms with Gasteiger partial charge in [0.15, 0.2) is 11.2 Å². The van der Waals surface area contributed by atoms with Crippen molar-refractivity contribution in [2.24, 2.45) is 0 Å². The lowest BCUT2D eigenvalue weighted by Gasteiger charge is -2.28. The molecule has 1 aliphatic carbocycles. The number of aromatic nitrogens is 3. The summed E-state index contributed by atoms with van der Waals surface area (Å²) in [6, 6.07) is 7.58. The Morgan fingerprint density at radius 3 is 2.67 bits per heavy atom. The zero-order valence-corrected chi connectivity index (χ0v) is 20.5. The SMILES string of the molecule is CC(=O)c1cc2cnc(Nc3ccc4c(=O)c(C)c(N5CCOCC5)oc4c3)nc2n1C1CCCC1. The first kappa shape index (κ1) is 22.7. The zero-order valence-electron chi connectivity index (χ0n) is 20.5. The molecular weight excluding hydrogens is 458 g/mol. The van der Waals surface area contributed by atoms with Crippen LogP contribution in [0.4, 0.5) is 17.5 Å². The maximum absolute atomic E-state index is 13.0. The third kappa shape index (κ3) is 3.93. The van der Waals surface area contributed by atoms with Crippen LogP contribution < -0.4 is 15.6 Å². The molecule has 1 saturated carbocycles. The van der Waals surface area contributed by atoms with Crippen LogP contribution in [-0.4, -0.2) is 46.6 Å². The van der Waals surface area contributed by atoms with Crippen LogP contribution in [0.1, 0.15) is 54.7 Å². The van der Waals surface area contributed by atoms with Crippen LogP contribution in [0.5, 0.6) is 0 Å². The van der Waals surface area contributed by atoms with Crippen molar-refractivity contribution in [3.63, 3.8) is 0 Å². The number of nitrogens with zero attached hydrogens (tertiary/aromatic N) is 4. The fourth-order valence-electron chi connectivity index (χ4n) is 5.42. The highest BCUT2D eigenvalue weighted by Crippen LogP contribution is 2.35. The van der Waals surface area contributed by atoms with Gasteiger partial charge in [-0.1, -0.05) is 12.8 Å². The number of nitrogens with one attached hydrogen (secondary N) is 1. The van der Waals surface area contributed by atoms with Gasteiger partial charge in [-0.05, 0) is 38.0 Å². The number of hydrogen-bond donors (Lipinski definition) is 1. The van der Waals surface area contributed by atoms with Crippen molar-refractivity contribution in [1.29, 1.82) is 0 Å². The van der Waals surface area contributed by atoms with Crippen LogP contribution in [-0.2, 0) is 4.74 Å². The summed E-state index contributed by atoms with van der Waals surface area (Å²) in [5.41, 5.74) is 3.24. The van der Waals surface area contributed by atoms with Gasteiger partial charge in [-0.3, -0.25) is 9.59 Å². The molecule has 9 heteroatoms. The van der Waals surface area contributed by atoms with E-state index in [-0.39, 0.29) is 17.3 Å². The number of ketones is 1. The summed E-state index contributed by atoms with van der Waals surface area (Å²) in [4.78, 5) is 36.7.